The molecule has 1 saturated carbocycles. The van der Waals surface area contributed by atoms with Crippen LogP contribution in [0, 0.1) is 0 Å². The van der Waals surface area contributed by atoms with Crippen LogP contribution >= 0.6 is 0 Å². The van der Waals surface area contributed by atoms with Gasteiger partial charge in [0.25, 0.3) is 5.91 Å². The molecular weight excluding hydrogens is 240 g/mol. The van der Waals surface area contributed by atoms with Gasteiger partial charge < -0.3 is 15.8 Å². The smallest absolute Gasteiger partial charge is 0.255 e. The van der Waals surface area contributed by atoms with Crippen molar-refractivity contribution in [1.82, 2.24) is 5.32 Å². The summed E-state index contributed by atoms with van der Waals surface area (Å²) < 4.78 is 5.49. The minimum atomic E-state index is -0.0809. The van der Waals surface area contributed by atoms with Gasteiger partial charge in [0.15, 0.2) is 0 Å². The molecule has 4 nitrogen and oxygen atoms in total. The van der Waals surface area contributed by atoms with E-state index in [4.69, 9.17) is 10.5 Å². The van der Waals surface area contributed by atoms with E-state index >= 15 is 0 Å². The Hall–Kier alpha value is -1.71. The molecule has 0 aliphatic heterocycles. The second kappa shape index (κ2) is 6.45. The zero-order valence-corrected chi connectivity index (χ0v) is 11.4. The molecule has 0 atom stereocenters. The van der Waals surface area contributed by atoms with Crippen LogP contribution in [0.2, 0.25) is 0 Å². The zero-order valence-electron chi connectivity index (χ0n) is 11.4. The number of benzene rings is 1. The van der Waals surface area contributed by atoms with Crippen molar-refractivity contribution in [3.63, 3.8) is 0 Å². The molecule has 0 heterocycles. The van der Waals surface area contributed by atoms with Crippen molar-refractivity contribution < 1.29 is 9.53 Å². The van der Waals surface area contributed by atoms with Gasteiger partial charge >= 0.3 is 0 Å². The third-order valence-electron chi connectivity index (χ3n) is 3.49. The predicted octanol–water partition coefficient (Wildman–Crippen LogP) is 2.73. The maximum atomic E-state index is 12.3. The first-order valence-corrected chi connectivity index (χ1v) is 7.04. The van der Waals surface area contributed by atoms with E-state index in [1.807, 2.05) is 6.92 Å². The molecule has 1 aromatic carbocycles. The van der Waals surface area contributed by atoms with E-state index in [0.717, 1.165) is 12.8 Å². The molecule has 1 aliphatic rings. The van der Waals surface area contributed by atoms with Crippen molar-refractivity contribution in [2.45, 2.75) is 45.1 Å². The fraction of sp³-hybridized carbons (Fsp3) is 0.533. The lowest BCUT2D eigenvalue weighted by molar-refractivity contribution is 0.0924. The fourth-order valence-corrected chi connectivity index (χ4v) is 2.52. The minimum absolute atomic E-state index is 0.0809. The van der Waals surface area contributed by atoms with E-state index in [0.29, 0.717) is 23.6 Å². The summed E-state index contributed by atoms with van der Waals surface area (Å²) in [6, 6.07) is 5.48. The third-order valence-corrected chi connectivity index (χ3v) is 3.49. The molecule has 0 radical (unpaired) electrons. The maximum Gasteiger partial charge on any atom is 0.255 e. The lowest BCUT2D eigenvalue weighted by atomic mass is 9.95. The molecule has 3 N–H and O–H groups in total. The number of ether oxygens (including phenoxy) is 1. The highest BCUT2D eigenvalue weighted by Gasteiger charge is 2.19. The van der Waals surface area contributed by atoms with Gasteiger partial charge in [-0.2, -0.15) is 0 Å². The fourth-order valence-electron chi connectivity index (χ4n) is 2.52. The van der Waals surface area contributed by atoms with Crippen molar-refractivity contribution in [3.8, 4) is 5.75 Å². The van der Waals surface area contributed by atoms with E-state index in [1.165, 1.54) is 19.3 Å². The first kappa shape index (κ1) is 13.7. The quantitative estimate of drug-likeness (QED) is 0.820. The number of nitrogen functional groups attached to an aromatic ring is 1. The van der Waals surface area contributed by atoms with Crippen molar-refractivity contribution in [2.75, 3.05) is 12.3 Å². The highest BCUT2D eigenvalue weighted by Crippen LogP contribution is 2.23. The second-order valence-electron chi connectivity index (χ2n) is 5.00. The summed E-state index contributed by atoms with van der Waals surface area (Å²) in [5, 5.41) is 3.09. The van der Waals surface area contributed by atoms with Crippen LogP contribution in [0.1, 0.15) is 49.4 Å². The molecule has 0 aromatic heterocycles. The molecule has 0 saturated heterocycles. The van der Waals surface area contributed by atoms with Crippen LogP contribution in [0.5, 0.6) is 5.75 Å². The summed E-state index contributed by atoms with van der Waals surface area (Å²) in [5.41, 5.74) is 6.87. The molecule has 104 valence electrons. The van der Waals surface area contributed by atoms with Gasteiger partial charge in [-0.15, -0.1) is 0 Å². The molecule has 0 bridgehead atoms. The van der Waals surface area contributed by atoms with Crippen LogP contribution in [0.15, 0.2) is 18.2 Å². The Morgan fingerprint density at radius 3 is 2.79 bits per heavy atom. The summed E-state index contributed by atoms with van der Waals surface area (Å²) in [4.78, 5) is 12.3. The number of nitrogens with two attached hydrogens (primary N) is 1. The number of hydrogen-bond acceptors (Lipinski definition) is 3. The Balaban J connectivity index is 2.10. The molecule has 1 fully saturated rings. The Morgan fingerprint density at radius 2 is 2.11 bits per heavy atom. The van der Waals surface area contributed by atoms with E-state index < -0.39 is 0 Å². The summed E-state index contributed by atoms with van der Waals surface area (Å²) >= 11 is 0. The van der Waals surface area contributed by atoms with Crippen LogP contribution < -0.4 is 15.8 Å². The molecular formula is C15H22N2O2. The number of hydrogen-bond donors (Lipinski definition) is 2. The molecule has 1 amide bonds. The lowest BCUT2D eigenvalue weighted by Crippen LogP contribution is -2.36. The number of carbonyl (C=O) groups excluding carboxylic acids is 1. The van der Waals surface area contributed by atoms with Gasteiger partial charge in [-0.3, -0.25) is 4.79 Å². The summed E-state index contributed by atoms with van der Waals surface area (Å²) in [6.45, 7) is 2.44. The van der Waals surface area contributed by atoms with E-state index in [-0.39, 0.29) is 11.9 Å². The van der Waals surface area contributed by atoms with Gasteiger partial charge in [-0.25, -0.2) is 0 Å². The van der Waals surface area contributed by atoms with Crippen LogP contribution in [0.25, 0.3) is 0 Å². The molecule has 2 rings (SSSR count). The van der Waals surface area contributed by atoms with Crippen LogP contribution in [-0.2, 0) is 0 Å². The van der Waals surface area contributed by atoms with Gasteiger partial charge in [0.1, 0.15) is 5.75 Å². The number of amides is 1. The number of rotatable bonds is 4. The van der Waals surface area contributed by atoms with E-state index in [2.05, 4.69) is 5.32 Å². The molecule has 0 unspecified atom stereocenters. The van der Waals surface area contributed by atoms with Crippen molar-refractivity contribution in [3.05, 3.63) is 23.8 Å². The van der Waals surface area contributed by atoms with Gasteiger partial charge in [-0.05, 0) is 38.0 Å². The Morgan fingerprint density at radius 1 is 1.37 bits per heavy atom. The van der Waals surface area contributed by atoms with Crippen LogP contribution in [0.4, 0.5) is 5.69 Å². The standard InChI is InChI=1S/C15H22N2O2/c1-2-19-14-9-8-11(16)10-13(14)15(18)17-12-6-4-3-5-7-12/h8-10,12H,2-7,16H2,1H3,(H,17,18). The molecule has 1 aliphatic carbocycles. The minimum Gasteiger partial charge on any atom is -0.493 e. The summed E-state index contributed by atoms with van der Waals surface area (Å²) in [5.74, 6) is 0.521. The third kappa shape index (κ3) is 3.63. The highest BCUT2D eigenvalue weighted by molar-refractivity contribution is 5.98. The summed E-state index contributed by atoms with van der Waals surface area (Å²) in [6.07, 6.45) is 5.80. The molecule has 4 heteroatoms. The topological polar surface area (TPSA) is 64.3 Å². The Labute approximate surface area is 114 Å². The Bertz CT molecular complexity index is 440. The largest absolute Gasteiger partial charge is 0.493 e. The van der Waals surface area contributed by atoms with Gasteiger partial charge in [-0.1, -0.05) is 19.3 Å². The first-order valence-electron chi connectivity index (χ1n) is 7.04. The van der Waals surface area contributed by atoms with Crippen molar-refractivity contribution in [2.24, 2.45) is 0 Å². The normalized spacial score (nSPS) is 16.1. The van der Waals surface area contributed by atoms with Crippen LogP contribution in [-0.4, -0.2) is 18.6 Å². The first-order chi connectivity index (χ1) is 9.20. The van der Waals surface area contributed by atoms with E-state index in [1.54, 1.807) is 18.2 Å². The molecule has 19 heavy (non-hydrogen) atoms. The zero-order chi connectivity index (χ0) is 13.7. The second-order valence-corrected chi connectivity index (χ2v) is 5.00. The average molecular weight is 262 g/mol. The average Bonchev–Trinajstić information content (AvgIpc) is 2.42. The highest BCUT2D eigenvalue weighted by atomic mass is 16.5. The lowest BCUT2D eigenvalue weighted by Gasteiger charge is -2.23. The van der Waals surface area contributed by atoms with Crippen LogP contribution in [0.3, 0.4) is 0 Å². The van der Waals surface area contributed by atoms with Crippen molar-refractivity contribution in [1.29, 1.82) is 0 Å². The van der Waals surface area contributed by atoms with Gasteiger partial charge in [0, 0.05) is 11.7 Å². The number of nitrogens with one attached hydrogen (secondary N) is 1. The van der Waals surface area contributed by atoms with E-state index in [9.17, 15) is 4.79 Å². The predicted molar refractivity (Wildman–Crippen MR) is 76.4 cm³/mol. The Kier molecular flexibility index (Phi) is 4.66. The SMILES string of the molecule is CCOc1ccc(N)cc1C(=O)NC1CCCCC1. The maximum absolute atomic E-state index is 12.3. The monoisotopic (exact) mass is 262 g/mol. The van der Waals surface area contributed by atoms with Gasteiger partial charge in [0.05, 0.1) is 12.2 Å². The molecule has 0 spiro atoms. The summed E-state index contributed by atoms with van der Waals surface area (Å²) in [7, 11) is 0. The number of carbonyl (C=O) groups is 1. The number of anilines is 1. The molecule has 1 aromatic rings. The van der Waals surface area contributed by atoms with Crippen molar-refractivity contribution >= 4 is 11.6 Å². The van der Waals surface area contributed by atoms with Gasteiger partial charge in [0.2, 0.25) is 0 Å².